The molecule has 2 N–H and O–H groups in total. The Morgan fingerprint density at radius 3 is 2.40 bits per heavy atom. The Hall–Kier alpha value is -2.44. The topological polar surface area (TPSA) is 48.9 Å². The van der Waals surface area contributed by atoms with Crippen LogP contribution < -0.4 is 10.6 Å². The van der Waals surface area contributed by atoms with E-state index in [0.717, 1.165) is 64.7 Å². The molecule has 0 bridgehead atoms. The molecule has 2 fully saturated rings. The zero-order chi connectivity index (χ0) is 20.8. The Bertz CT molecular complexity index is 858. The summed E-state index contributed by atoms with van der Waals surface area (Å²) in [7, 11) is 1.80. The minimum atomic E-state index is -0.185. The number of ether oxygens (including phenoxy) is 1. The molecule has 0 radical (unpaired) electrons. The highest BCUT2D eigenvalue weighted by atomic mass is 19.1. The van der Waals surface area contributed by atoms with Gasteiger partial charge in [0.25, 0.3) is 0 Å². The third kappa shape index (κ3) is 5.18. The van der Waals surface area contributed by atoms with Gasteiger partial charge in [-0.15, -0.1) is 0 Å². The van der Waals surface area contributed by atoms with Crippen molar-refractivity contribution in [1.82, 2.24) is 15.5 Å². The van der Waals surface area contributed by atoms with Crippen LogP contribution in [-0.2, 0) is 23.2 Å². The molecule has 1 heterocycles. The van der Waals surface area contributed by atoms with Gasteiger partial charge >= 0.3 is 0 Å². The quantitative estimate of drug-likeness (QED) is 0.544. The number of hydrogen-bond donors (Lipinski definition) is 2. The highest BCUT2D eigenvalue weighted by Gasteiger charge is 2.44. The molecule has 1 aliphatic carbocycles. The second-order valence-corrected chi connectivity index (χ2v) is 8.22. The van der Waals surface area contributed by atoms with Crippen LogP contribution in [0.25, 0.3) is 0 Å². The van der Waals surface area contributed by atoms with Crippen LogP contribution in [0.4, 0.5) is 4.39 Å². The SMILES string of the molecule is CN=C(NCc1ccccc1CN1CCOCC1)NCC1(c2ccc(F)cc2)CC1. The molecule has 6 heteroatoms. The first-order valence-corrected chi connectivity index (χ1v) is 10.8. The molecule has 0 spiro atoms. The summed E-state index contributed by atoms with van der Waals surface area (Å²) < 4.78 is 18.7. The molecule has 1 saturated carbocycles. The molecule has 0 unspecified atom stereocenters. The van der Waals surface area contributed by atoms with Crippen LogP contribution >= 0.6 is 0 Å². The van der Waals surface area contributed by atoms with Gasteiger partial charge < -0.3 is 15.4 Å². The second kappa shape index (κ2) is 9.58. The Balaban J connectivity index is 1.32. The highest BCUT2D eigenvalue weighted by Crippen LogP contribution is 2.47. The van der Waals surface area contributed by atoms with E-state index >= 15 is 0 Å². The summed E-state index contributed by atoms with van der Waals surface area (Å²) >= 11 is 0. The summed E-state index contributed by atoms with van der Waals surface area (Å²) in [6.45, 7) is 6.06. The lowest BCUT2D eigenvalue weighted by Crippen LogP contribution is -2.41. The van der Waals surface area contributed by atoms with E-state index in [1.54, 1.807) is 19.2 Å². The zero-order valence-electron chi connectivity index (χ0n) is 17.7. The van der Waals surface area contributed by atoms with Gasteiger partial charge in [0, 0.05) is 45.2 Å². The molecule has 0 amide bonds. The van der Waals surface area contributed by atoms with Gasteiger partial charge in [-0.2, -0.15) is 0 Å². The first-order valence-electron chi connectivity index (χ1n) is 10.8. The van der Waals surface area contributed by atoms with Crippen LogP contribution in [0.15, 0.2) is 53.5 Å². The van der Waals surface area contributed by atoms with Crippen LogP contribution in [-0.4, -0.2) is 50.8 Å². The lowest BCUT2D eigenvalue weighted by Gasteiger charge is -2.27. The smallest absolute Gasteiger partial charge is 0.191 e. The van der Waals surface area contributed by atoms with E-state index in [9.17, 15) is 4.39 Å². The van der Waals surface area contributed by atoms with Gasteiger partial charge in [0.05, 0.1) is 13.2 Å². The van der Waals surface area contributed by atoms with E-state index in [1.807, 2.05) is 12.1 Å². The third-order valence-electron chi connectivity index (χ3n) is 6.19. The molecule has 1 aliphatic heterocycles. The van der Waals surface area contributed by atoms with E-state index in [4.69, 9.17) is 4.74 Å². The van der Waals surface area contributed by atoms with Crippen molar-refractivity contribution < 1.29 is 9.13 Å². The predicted octanol–water partition coefficient (Wildman–Crippen LogP) is 3.05. The van der Waals surface area contributed by atoms with E-state index in [1.165, 1.54) is 16.7 Å². The number of halogens is 1. The van der Waals surface area contributed by atoms with Crippen molar-refractivity contribution in [3.63, 3.8) is 0 Å². The van der Waals surface area contributed by atoms with Crippen molar-refractivity contribution in [3.05, 3.63) is 71.0 Å². The van der Waals surface area contributed by atoms with Gasteiger partial charge in [0.2, 0.25) is 0 Å². The minimum Gasteiger partial charge on any atom is -0.379 e. The fraction of sp³-hybridized carbons (Fsp3) is 0.458. The third-order valence-corrected chi connectivity index (χ3v) is 6.19. The van der Waals surface area contributed by atoms with Crippen molar-refractivity contribution in [2.24, 2.45) is 4.99 Å². The molecule has 1 saturated heterocycles. The molecule has 0 atom stereocenters. The van der Waals surface area contributed by atoms with Crippen molar-refractivity contribution in [2.45, 2.75) is 31.3 Å². The van der Waals surface area contributed by atoms with Crippen molar-refractivity contribution in [1.29, 1.82) is 0 Å². The molecule has 30 heavy (non-hydrogen) atoms. The standard InChI is InChI=1S/C24H31FN4O/c1-26-23(28-18-24(10-11-24)21-6-8-22(25)9-7-21)27-16-19-4-2-3-5-20(19)17-29-12-14-30-15-13-29/h2-9H,10-18H2,1H3,(H2,26,27,28). The monoisotopic (exact) mass is 410 g/mol. The van der Waals surface area contributed by atoms with E-state index in [-0.39, 0.29) is 11.2 Å². The summed E-state index contributed by atoms with van der Waals surface area (Å²) in [5.74, 6) is 0.611. The number of rotatable bonds is 7. The number of morpholine rings is 1. The van der Waals surface area contributed by atoms with Crippen LogP contribution in [0.1, 0.15) is 29.5 Å². The molecule has 2 aromatic carbocycles. The van der Waals surface area contributed by atoms with Crippen LogP contribution in [0.5, 0.6) is 0 Å². The Kier molecular flexibility index (Phi) is 6.65. The molecular weight excluding hydrogens is 379 g/mol. The lowest BCUT2D eigenvalue weighted by atomic mass is 9.96. The highest BCUT2D eigenvalue weighted by molar-refractivity contribution is 5.79. The fourth-order valence-electron chi connectivity index (χ4n) is 4.06. The van der Waals surface area contributed by atoms with E-state index < -0.39 is 0 Å². The Morgan fingerprint density at radius 1 is 1.03 bits per heavy atom. The average molecular weight is 411 g/mol. The zero-order valence-corrected chi connectivity index (χ0v) is 17.7. The number of hydrogen-bond acceptors (Lipinski definition) is 3. The Morgan fingerprint density at radius 2 is 1.73 bits per heavy atom. The van der Waals surface area contributed by atoms with Crippen LogP contribution in [0, 0.1) is 5.82 Å². The summed E-state index contributed by atoms with van der Waals surface area (Å²) in [5, 5.41) is 6.93. The molecule has 2 aliphatic rings. The normalized spacial score (nSPS) is 18.8. The first kappa shape index (κ1) is 20.8. The van der Waals surface area contributed by atoms with Crippen LogP contribution in [0.3, 0.4) is 0 Å². The van der Waals surface area contributed by atoms with E-state index in [2.05, 4.69) is 44.8 Å². The number of guanidine groups is 1. The predicted molar refractivity (Wildman–Crippen MR) is 118 cm³/mol. The number of nitrogens with one attached hydrogen (secondary N) is 2. The van der Waals surface area contributed by atoms with Crippen molar-refractivity contribution in [3.8, 4) is 0 Å². The van der Waals surface area contributed by atoms with Gasteiger partial charge in [-0.25, -0.2) is 4.39 Å². The van der Waals surface area contributed by atoms with Crippen molar-refractivity contribution in [2.75, 3.05) is 39.9 Å². The van der Waals surface area contributed by atoms with Gasteiger partial charge in [-0.05, 0) is 41.7 Å². The van der Waals surface area contributed by atoms with Crippen LogP contribution in [0.2, 0.25) is 0 Å². The van der Waals surface area contributed by atoms with Gasteiger partial charge in [-0.1, -0.05) is 36.4 Å². The first-order chi connectivity index (χ1) is 14.7. The lowest BCUT2D eigenvalue weighted by molar-refractivity contribution is 0.0341. The molecule has 2 aromatic rings. The second-order valence-electron chi connectivity index (χ2n) is 8.22. The maximum atomic E-state index is 13.3. The van der Waals surface area contributed by atoms with Gasteiger partial charge in [0.1, 0.15) is 5.82 Å². The maximum Gasteiger partial charge on any atom is 0.191 e. The maximum absolute atomic E-state index is 13.3. The summed E-state index contributed by atoms with van der Waals surface area (Å²) in [6.07, 6.45) is 2.23. The number of aliphatic imine (C=N–C) groups is 1. The molecule has 0 aromatic heterocycles. The van der Waals surface area contributed by atoms with Gasteiger partial charge in [0.15, 0.2) is 5.96 Å². The molecular formula is C24H31FN4O. The minimum absolute atomic E-state index is 0.0968. The van der Waals surface area contributed by atoms with Crippen molar-refractivity contribution >= 4 is 5.96 Å². The number of nitrogens with zero attached hydrogens (tertiary/aromatic N) is 2. The average Bonchev–Trinajstić information content (AvgIpc) is 3.57. The summed E-state index contributed by atoms with van der Waals surface area (Å²) in [4.78, 5) is 6.83. The fourth-order valence-corrected chi connectivity index (χ4v) is 4.06. The molecule has 160 valence electrons. The van der Waals surface area contributed by atoms with E-state index in [0.29, 0.717) is 0 Å². The van der Waals surface area contributed by atoms with Gasteiger partial charge in [-0.3, -0.25) is 9.89 Å². The molecule has 4 rings (SSSR count). The number of benzene rings is 2. The molecule has 5 nitrogen and oxygen atoms in total. The summed E-state index contributed by atoms with van der Waals surface area (Å²) in [5.41, 5.74) is 3.92. The largest absolute Gasteiger partial charge is 0.379 e. The Labute approximate surface area is 178 Å². The summed E-state index contributed by atoms with van der Waals surface area (Å²) in [6, 6.07) is 15.5.